The maximum absolute atomic E-state index is 5.47. The summed E-state index contributed by atoms with van der Waals surface area (Å²) in [6.07, 6.45) is 0. The van der Waals surface area contributed by atoms with Crippen LogP contribution in [0.2, 0.25) is 0 Å². The third kappa shape index (κ3) is 3.60. The Morgan fingerprint density at radius 1 is 0.306 bits per heavy atom. The summed E-state index contributed by atoms with van der Waals surface area (Å²) in [6.45, 7) is 0. The Morgan fingerprint density at radius 3 is 1.49 bits per heavy atom. The van der Waals surface area contributed by atoms with Crippen molar-refractivity contribution in [2.75, 3.05) is 0 Å². The second-order valence-electron chi connectivity index (χ2n) is 12.8. The summed E-state index contributed by atoms with van der Waals surface area (Å²) in [7, 11) is 0. The average molecular weight is 625 g/mol. The molecule has 0 amide bonds. The topological polar surface area (TPSA) is 27.7 Å². The molecule has 228 valence electrons. The Kier molecular flexibility index (Phi) is 5.35. The van der Waals surface area contributed by atoms with E-state index in [-0.39, 0.29) is 0 Å². The maximum Gasteiger partial charge on any atom is 0.140 e. The second-order valence-corrected chi connectivity index (χ2v) is 12.8. The van der Waals surface area contributed by atoms with Crippen molar-refractivity contribution in [2.24, 2.45) is 0 Å². The van der Waals surface area contributed by atoms with Crippen molar-refractivity contribution in [1.82, 2.24) is 18.7 Å². The molecular formula is C45H28N4. The van der Waals surface area contributed by atoms with E-state index in [1.54, 1.807) is 0 Å². The molecule has 0 radical (unpaired) electrons. The number of rotatable bonds is 3. The SMILES string of the molecule is c1cc(-n2c3ccccc3c3ccccc32)nc(-n2c3ccccc3c3ccc4c(c5ccccc5n4-c4cccc5ccccc45)c32)c1. The number of nitrogens with zero attached hydrogens (tertiary/aromatic N) is 4. The van der Waals surface area contributed by atoms with Crippen LogP contribution in [-0.2, 0) is 0 Å². The zero-order valence-electron chi connectivity index (χ0n) is 26.5. The van der Waals surface area contributed by atoms with Crippen molar-refractivity contribution in [3.05, 3.63) is 170 Å². The first kappa shape index (κ1) is 26.4. The van der Waals surface area contributed by atoms with Gasteiger partial charge in [0.05, 0.1) is 38.8 Å². The van der Waals surface area contributed by atoms with Crippen molar-refractivity contribution in [3.63, 3.8) is 0 Å². The monoisotopic (exact) mass is 624 g/mol. The Balaban J connectivity index is 1.27. The van der Waals surface area contributed by atoms with E-state index in [1.807, 2.05) is 0 Å². The summed E-state index contributed by atoms with van der Waals surface area (Å²) in [6, 6.07) is 61.0. The van der Waals surface area contributed by atoms with Gasteiger partial charge in [-0.1, -0.05) is 121 Å². The Morgan fingerprint density at radius 2 is 0.796 bits per heavy atom. The van der Waals surface area contributed by atoms with E-state index in [1.165, 1.54) is 65.3 Å². The molecule has 11 rings (SSSR count). The van der Waals surface area contributed by atoms with Crippen LogP contribution in [0.1, 0.15) is 0 Å². The molecule has 0 bridgehead atoms. The summed E-state index contributed by atoms with van der Waals surface area (Å²) >= 11 is 0. The van der Waals surface area contributed by atoms with Crippen molar-refractivity contribution >= 4 is 76.2 Å². The fraction of sp³-hybridized carbons (Fsp3) is 0. The van der Waals surface area contributed by atoms with Crippen LogP contribution in [0, 0.1) is 0 Å². The van der Waals surface area contributed by atoms with Gasteiger partial charge in [-0.2, -0.15) is 0 Å². The number of benzene rings is 7. The van der Waals surface area contributed by atoms with E-state index in [9.17, 15) is 0 Å². The minimum absolute atomic E-state index is 0.889. The van der Waals surface area contributed by atoms with Crippen LogP contribution in [0.25, 0.3) is 93.5 Å². The van der Waals surface area contributed by atoms with Crippen LogP contribution in [0.4, 0.5) is 0 Å². The van der Waals surface area contributed by atoms with Gasteiger partial charge < -0.3 is 4.57 Å². The number of fused-ring (bicyclic) bond motifs is 11. The molecule has 0 aliphatic carbocycles. The van der Waals surface area contributed by atoms with Gasteiger partial charge in [-0.3, -0.25) is 9.13 Å². The van der Waals surface area contributed by atoms with Gasteiger partial charge in [-0.25, -0.2) is 4.98 Å². The van der Waals surface area contributed by atoms with Gasteiger partial charge >= 0.3 is 0 Å². The van der Waals surface area contributed by atoms with Crippen LogP contribution < -0.4 is 0 Å². The molecule has 0 saturated carbocycles. The molecule has 0 fully saturated rings. The quantitative estimate of drug-likeness (QED) is 0.192. The highest BCUT2D eigenvalue weighted by Gasteiger charge is 2.22. The lowest BCUT2D eigenvalue weighted by atomic mass is 10.1. The van der Waals surface area contributed by atoms with Crippen molar-refractivity contribution in [3.8, 4) is 17.3 Å². The lowest BCUT2D eigenvalue weighted by Crippen LogP contribution is -2.03. The number of hydrogen-bond donors (Lipinski definition) is 0. The smallest absolute Gasteiger partial charge is 0.140 e. The molecule has 49 heavy (non-hydrogen) atoms. The van der Waals surface area contributed by atoms with Crippen molar-refractivity contribution < 1.29 is 0 Å². The van der Waals surface area contributed by atoms with E-state index in [4.69, 9.17) is 4.98 Å². The van der Waals surface area contributed by atoms with Gasteiger partial charge in [0.15, 0.2) is 0 Å². The lowest BCUT2D eigenvalue weighted by molar-refractivity contribution is 1.02. The zero-order chi connectivity index (χ0) is 32.1. The first-order chi connectivity index (χ1) is 24.3. The summed E-state index contributed by atoms with van der Waals surface area (Å²) in [5, 5.41) is 9.79. The van der Waals surface area contributed by atoms with Gasteiger partial charge in [0.2, 0.25) is 0 Å². The van der Waals surface area contributed by atoms with Crippen LogP contribution >= 0.6 is 0 Å². The van der Waals surface area contributed by atoms with Crippen molar-refractivity contribution in [2.45, 2.75) is 0 Å². The molecule has 0 atom stereocenters. The summed E-state index contributed by atoms with van der Waals surface area (Å²) in [5.74, 6) is 1.78. The average Bonchev–Trinajstić information content (AvgIpc) is 3.80. The predicted molar refractivity (Wildman–Crippen MR) is 205 cm³/mol. The van der Waals surface area contributed by atoms with Crippen LogP contribution in [0.5, 0.6) is 0 Å². The third-order valence-corrected chi connectivity index (χ3v) is 10.2. The Bertz CT molecular complexity index is 3060. The van der Waals surface area contributed by atoms with Crippen molar-refractivity contribution in [1.29, 1.82) is 0 Å². The molecule has 0 unspecified atom stereocenters. The van der Waals surface area contributed by atoms with Gasteiger partial charge in [0.1, 0.15) is 11.6 Å². The molecule has 7 aromatic carbocycles. The predicted octanol–water partition coefficient (Wildman–Crippen LogP) is 11.5. The highest BCUT2D eigenvalue weighted by Crippen LogP contribution is 2.42. The minimum atomic E-state index is 0.889. The molecule has 0 spiro atoms. The Labute approximate surface area is 281 Å². The van der Waals surface area contributed by atoms with Gasteiger partial charge in [0, 0.05) is 37.7 Å². The van der Waals surface area contributed by atoms with Gasteiger partial charge in [-0.05, 0) is 53.9 Å². The standard InChI is InChI=1S/C45H28N4/c1-2-15-30-29(13-1)14-11-24-36(30)47-40-23-10-6-19-35(40)44-41(47)28-27-34-33-18-5-9-22-39(33)49(45(34)44)43-26-12-25-42(46-43)48-37-20-7-3-16-31(37)32-17-4-8-21-38(32)48/h1-28H. The van der Waals surface area contributed by atoms with Crippen LogP contribution in [-0.4, -0.2) is 18.7 Å². The second kappa shape index (κ2) is 9.93. The molecule has 4 heterocycles. The summed E-state index contributed by atoms with van der Waals surface area (Å²) < 4.78 is 7.12. The van der Waals surface area contributed by atoms with E-state index in [2.05, 4.69) is 184 Å². The van der Waals surface area contributed by atoms with Crippen LogP contribution in [0.3, 0.4) is 0 Å². The van der Waals surface area contributed by atoms with Gasteiger partial charge in [0.25, 0.3) is 0 Å². The number of pyridine rings is 1. The fourth-order valence-corrected chi connectivity index (χ4v) is 8.24. The molecule has 11 aromatic rings. The fourth-order valence-electron chi connectivity index (χ4n) is 8.24. The normalized spacial score (nSPS) is 12.1. The molecule has 0 aliphatic heterocycles. The molecule has 0 saturated heterocycles. The molecule has 0 N–H and O–H groups in total. The van der Waals surface area contributed by atoms with E-state index in [0.717, 1.165) is 28.2 Å². The number of aromatic nitrogens is 4. The molecule has 4 nitrogen and oxygen atoms in total. The minimum Gasteiger partial charge on any atom is -0.309 e. The maximum atomic E-state index is 5.47. The van der Waals surface area contributed by atoms with Crippen LogP contribution in [0.15, 0.2) is 170 Å². The number of para-hydroxylation sites is 4. The Hall–Kier alpha value is -6.65. The highest BCUT2D eigenvalue weighted by atomic mass is 15.1. The number of hydrogen-bond acceptors (Lipinski definition) is 1. The molecule has 4 heteroatoms. The van der Waals surface area contributed by atoms with E-state index in [0.29, 0.717) is 0 Å². The molecule has 0 aliphatic rings. The lowest BCUT2D eigenvalue weighted by Gasteiger charge is -2.13. The molecular weight excluding hydrogens is 597 g/mol. The first-order valence-corrected chi connectivity index (χ1v) is 16.7. The van der Waals surface area contributed by atoms with E-state index < -0.39 is 0 Å². The zero-order valence-corrected chi connectivity index (χ0v) is 26.5. The molecule has 4 aromatic heterocycles. The summed E-state index contributed by atoms with van der Waals surface area (Å²) in [4.78, 5) is 5.47. The van der Waals surface area contributed by atoms with E-state index >= 15 is 0 Å². The summed E-state index contributed by atoms with van der Waals surface area (Å²) in [5.41, 5.74) is 8.14. The van der Waals surface area contributed by atoms with Gasteiger partial charge in [-0.15, -0.1) is 0 Å². The first-order valence-electron chi connectivity index (χ1n) is 16.7. The third-order valence-electron chi connectivity index (χ3n) is 10.2. The largest absolute Gasteiger partial charge is 0.309 e. The highest BCUT2D eigenvalue weighted by molar-refractivity contribution is 6.26.